The number of aliphatic carboxylic acids is 1. The number of carbonyl (C=O) groups is 3. The number of amides is 2. The van der Waals surface area contributed by atoms with Crippen LogP contribution in [0.2, 0.25) is 0 Å². The third kappa shape index (κ3) is 4.89. The van der Waals surface area contributed by atoms with Gasteiger partial charge in [0.05, 0.1) is 18.8 Å². The molecule has 3 aromatic rings. The molecule has 1 saturated heterocycles. The summed E-state index contributed by atoms with van der Waals surface area (Å²) >= 11 is 1.20. The Balaban J connectivity index is 1.10. The number of aromatic nitrogens is 1. The quantitative estimate of drug-likeness (QED) is 0.495. The first-order valence-electron chi connectivity index (χ1n) is 11.2. The number of carbonyl (C=O) groups excluding carboxylic acids is 2. The maximum atomic E-state index is 12.5. The second kappa shape index (κ2) is 9.85. The number of likely N-dealkylation sites (tertiary alicyclic amines) is 1. The molecule has 9 nitrogen and oxygen atoms in total. The molecule has 0 saturated carbocycles. The molecule has 1 aromatic heterocycles. The topological polar surface area (TPSA) is 118 Å². The predicted molar refractivity (Wildman–Crippen MR) is 127 cm³/mol. The minimum atomic E-state index is -1.04. The molecule has 2 heterocycles. The molecule has 2 amide bonds. The molecule has 1 aliphatic heterocycles. The average Bonchev–Trinajstić information content (AvgIpc) is 3.43. The van der Waals surface area contributed by atoms with Crippen LogP contribution in [0.5, 0.6) is 0 Å². The zero-order valence-electron chi connectivity index (χ0n) is 18.7. The van der Waals surface area contributed by atoms with Crippen LogP contribution in [0.3, 0.4) is 0 Å². The van der Waals surface area contributed by atoms with E-state index in [1.165, 1.54) is 28.7 Å². The van der Waals surface area contributed by atoms with Crippen LogP contribution < -0.4 is 5.32 Å². The summed E-state index contributed by atoms with van der Waals surface area (Å²) in [6.07, 6.45) is 0.668. The van der Waals surface area contributed by atoms with Crippen molar-refractivity contribution in [2.45, 2.75) is 18.6 Å². The van der Waals surface area contributed by atoms with Gasteiger partial charge in [-0.3, -0.25) is 4.79 Å². The fourth-order valence-electron chi connectivity index (χ4n) is 4.34. The molecule has 180 valence electrons. The highest BCUT2D eigenvalue weighted by Crippen LogP contribution is 2.44. The monoisotopic (exact) mass is 493 g/mol. The highest BCUT2D eigenvalue weighted by Gasteiger charge is 2.33. The fourth-order valence-corrected chi connectivity index (χ4v) is 5.17. The van der Waals surface area contributed by atoms with Crippen molar-refractivity contribution >= 4 is 29.3 Å². The Labute approximate surface area is 205 Å². The minimum Gasteiger partial charge on any atom is -0.480 e. The Kier molecular flexibility index (Phi) is 6.47. The maximum absolute atomic E-state index is 12.5. The SMILES string of the molecule is O=C(O)COC1CN(C(=O)c2cnc(CNC(=O)OCC3c4ccccc4-c4ccccc43)s2)C1. The minimum absolute atomic E-state index is 0.0166. The molecule has 5 rings (SSSR count). The summed E-state index contributed by atoms with van der Waals surface area (Å²) in [6.45, 7) is 0.689. The van der Waals surface area contributed by atoms with Gasteiger partial charge in [-0.25, -0.2) is 14.6 Å². The summed E-state index contributed by atoms with van der Waals surface area (Å²) in [5.74, 6) is -1.24. The Bertz CT molecular complexity index is 1220. The Hall–Kier alpha value is -3.76. The molecule has 1 aliphatic carbocycles. The number of fused-ring (bicyclic) bond motifs is 3. The van der Waals surface area contributed by atoms with E-state index in [1.54, 1.807) is 4.90 Å². The molecule has 2 aromatic carbocycles. The van der Waals surface area contributed by atoms with Crippen molar-refractivity contribution in [3.05, 3.63) is 75.7 Å². The molecule has 0 atom stereocenters. The van der Waals surface area contributed by atoms with Crippen molar-refractivity contribution in [3.8, 4) is 11.1 Å². The summed E-state index contributed by atoms with van der Waals surface area (Å²) in [5.41, 5.74) is 4.62. The number of rotatable bonds is 8. The van der Waals surface area contributed by atoms with E-state index in [0.717, 1.165) is 11.1 Å². The van der Waals surface area contributed by atoms with E-state index in [4.69, 9.17) is 14.6 Å². The Morgan fingerprint density at radius 1 is 1.06 bits per heavy atom. The van der Waals surface area contributed by atoms with Gasteiger partial charge in [-0.1, -0.05) is 48.5 Å². The van der Waals surface area contributed by atoms with Crippen LogP contribution in [0.25, 0.3) is 11.1 Å². The van der Waals surface area contributed by atoms with Gasteiger partial charge < -0.3 is 24.8 Å². The standard InChI is InChI=1S/C25H23N3O6S/c29-23(30)14-33-15-11-28(12-15)24(31)21-9-26-22(35-21)10-27-25(32)34-13-20-18-7-3-1-5-16(18)17-6-2-4-8-19(17)20/h1-9,15,20H,10-14H2,(H,27,32)(H,29,30). The second-order valence-corrected chi connectivity index (χ2v) is 9.45. The summed E-state index contributed by atoms with van der Waals surface area (Å²) in [4.78, 5) is 41.7. The molecule has 2 aliphatic rings. The van der Waals surface area contributed by atoms with Crippen molar-refractivity contribution in [2.75, 3.05) is 26.3 Å². The molecule has 35 heavy (non-hydrogen) atoms. The van der Waals surface area contributed by atoms with Crippen LogP contribution in [0.4, 0.5) is 4.79 Å². The highest BCUT2D eigenvalue weighted by molar-refractivity contribution is 7.13. The summed E-state index contributed by atoms with van der Waals surface area (Å²) < 4.78 is 10.7. The zero-order valence-corrected chi connectivity index (χ0v) is 19.5. The third-order valence-corrected chi connectivity index (χ3v) is 7.06. The zero-order chi connectivity index (χ0) is 24.4. The van der Waals surface area contributed by atoms with E-state index < -0.39 is 12.1 Å². The summed E-state index contributed by atoms with van der Waals surface area (Å²) in [6, 6.07) is 16.3. The van der Waals surface area contributed by atoms with E-state index in [1.807, 2.05) is 24.3 Å². The number of carboxylic acid groups (broad SMARTS) is 1. The van der Waals surface area contributed by atoms with Gasteiger partial charge in [0.25, 0.3) is 5.91 Å². The molecule has 0 unspecified atom stereocenters. The van der Waals surface area contributed by atoms with Crippen molar-refractivity contribution < 1.29 is 29.0 Å². The number of thiazole rings is 1. The lowest BCUT2D eigenvalue weighted by molar-refractivity contribution is -0.147. The van der Waals surface area contributed by atoms with Crippen molar-refractivity contribution in [3.63, 3.8) is 0 Å². The van der Waals surface area contributed by atoms with E-state index in [2.05, 4.69) is 34.6 Å². The fraction of sp³-hybridized carbons (Fsp3) is 0.280. The van der Waals surface area contributed by atoms with Gasteiger partial charge in [-0.05, 0) is 22.3 Å². The average molecular weight is 494 g/mol. The molecule has 2 N–H and O–H groups in total. The summed E-state index contributed by atoms with van der Waals surface area (Å²) in [5, 5.41) is 11.9. The number of nitrogens with one attached hydrogen (secondary N) is 1. The van der Waals surface area contributed by atoms with Crippen LogP contribution in [0.15, 0.2) is 54.7 Å². The number of carboxylic acids is 1. The lowest BCUT2D eigenvalue weighted by Gasteiger charge is -2.38. The normalized spacial score (nSPS) is 14.7. The van der Waals surface area contributed by atoms with Gasteiger partial charge in [-0.15, -0.1) is 11.3 Å². The van der Waals surface area contributed by atoms with Crippen molar-refractivity contribution in [1.82, 2.24) is 15.2 Å². The number of ether oxygens (including phenoxy) is 2. The van der Waals surface area contributed by atoms with Crippen molar-refractivity contribution in [1.29, 1.82) is 0 Å². The molecule has 0 radical (unpaired) electrons. The van der Waals surface area contributed by atoms with E-state index in [-0.39, 0.29) is 37.7 Å². The second-order valence-electron chi connectivity index (χ2n) is 8.33. The first-order valence-corrected chi connectivity index (χ1v) is 12.0. The van der Waals surface area contributed by atoms with Crippen molar-refractivity contribution in [2.24, 2.45) is 0 Å². The molecule has 0 spiro atoms. The van der Waals surface area contributed by atoms with Gasteiger partial charge in [0.15, 0.2) is 0 Å². The highest BCUT2D eigenvalue weighted by atomic mass is 32.1. The van der Waals surface area contributed by atoms with E-state index in [9.17, 15) is 14.4 Å². The molecular weight excluding hydrogens is 470 g/mol. The molecular formula is C25H23N3O6S. The Morgan fingerprint density at radius 2 is 1.71 bits per heavy atom. The number of hydrogen-bond donors (Lipinski definition) is 2. The van der Waals surface area contributed by atoms with Crippen LogP contribution >= 0.6 is 11.3 Å². The smallest absolute Gasteiger partial charge is 0.407 e. The van der Waals surface area contributed by atoms with Crippen LogP contribution in [-0.2, 0) is 20.8 Å². The molecule has 0 bridgehead atoms. The van der Waals surface area contributed by atoms with Gasteiger partial charge in [0.2, 0.25) is 0 Å². The van der Waals surface area contributed by atoms with Crippen LogP contribution in [-0.4, -0.2) is 65.4 Å². The lowest BCUT2D eigenvalue weighted by Crippen LogP contribution is -2.55. The number of alkyl carbamates (subject to hydrolysis) is 1. The van der Waals surface area contributed by atoms with Crippen LogP contribution in [0.1, 0.15) is 31.7 Å². The summed E-state index contributed by atoms with van der Waals surface area (Å²) in [7, 11) is 0. The lowest BCUT2D eigenvalue weighted by atomic mass is 9.98. The molecule has 1 fully saturated rings. The van der Waals surface area contributed by atoms with Gasteiger partial charge >= 0.3 is 12.1 Å². The maximum Gasteiger partial charge on any atom is 0.407 e. The van der Waals surface area contributed by atoms with Gasteiger partial charge in [0, 0.05) is 19.0 Å². The van der Waals surface area contributed by atoms with E-state index in [0.29, 0.717) is 23.0 Å². The number of hydrogen-bond acceptors (Lipinski definition) is 7. The predicted octanol–water partition coefficient (Wildman–Crippen LogP) is 3.11. The Morgan fingerprint density at radius 3 is 2.37 bits per heavy atom. The van der Waals surface area contributed by atoms with Crippen LogP contribution in [0, 0.1) is 0 Å². The molecule has 10 heteroatoms. The van der Waals surface area contributed by atoms with E-state index >= 15 is 0 Å². The first-order chi connectivity index (χ1) is 17.0. The van der Waals surface area contributed by atoms with Gasteiger partial charge in [-0.2, -0.15) is 0 Å². The number of nitrogens with zero attached hydrogens (tertiary/aromatic N) is 2. The largest absolute Gasteiger partial charge is 0.480 e. The first kappa shape index (κ1) is 23.0. The third-order valence-electron chi connectivity index (χ3n) is 6.07. The number of benzene rings is 2. The van der Waals surface area contributed by atoms with Gasteiger partial charge in [0.1, 0.15) is 23.1 Å².